The summed E-state index contributed by atoms with van der Waals surface area (Å²) in [7, 11) is -3.17. The molecule has 0 aromatic carbocycles. The number of carbonyl (C=O) groups is 1. The third kappa shape index (κ3) is 287. The minimum absolute atomic E-state index is 0.938. The van der Waals surface area contributed by atoms with Crippen LogP contribution in [0.3, 0.4) is 0 Å². The van der Waals surface area contributed by atoms with Crippen molar-refractivity contribution < 1.29 is 18.3 Å². The normalized spacial score (nSPS) is 9.11. The molecule has 0 aliphatic carbocycles. The lowest BCUT2D eigenvalue weighted by Crippen LogP contribution is -2.07. The number of hydrogen-bond donors (Lipinski definition) is 3. The summed E-state index contributed by atoms with van der Waals surface area (Å²) in [5.74, 6) is 0. The van der Waals surface area contributed by atoms with Gasteiger partial charge in [-0.25, -0.2) is 18.4 Å². The number of rotatable bonds is 0. The fourth-order valence-electron chi connectivity index (χ4n) is 0. The first-order valence-corrected chi connectivity index (χ1v) is 3.65. The molecule has 0 fully saturated rings. The minimum atomic E-state index is -3.17. The Hall–Kier alpha value is -0.820. The lowest BCUT2D eigenvalue weighted by atomic mass is 11.3. The lowest BCUT2D eigenvalue weighted by Gasteiger charge is -1.71. The van der Waals surface area contributed by atoms with Gasteiger partial charge in [-0.3, -0.25) is 0 Å². The molecule has 0 aromatic rings. The summed E-state index contributed by atoms with van der Waals surface area (Å²) in [6, 6.07) is 0. The molecule has 56 valence electrons. The molecule has 0 bridgehead atoms. The molecule has 6 nitrogen and oxygen atoms in total. The highest BCUT2D eigenvalue weighted by atomic mass is 32.2. The molecule has 7 heteroatoms. The number of hydrogen-bond acceptors (Lipinski definition) is 3. The molecule has 0 radical (unpaired) electrons. The van der Waals surface area contributed by atoms with Crippen LogP contribution >= 0.6 is 0 Å². The van der Waals surface area contributed by atoms with E-state index in [2.05, 4.69) is 10.9 Å². The number of nitrogens with two attached hydrogens (primary N) is 2. The van der Waals surface area contributed by atoms with Crippen molar-refractivity contribution in [1.29, 1.82) is 0 Å². The Balaban J connectivity index is 0. The van der Waals surface area contributed by atoms with Gasteiger partial charge in [0.1, 0.15) is 0 Å². The Morgan fingerprint density at radius 3 is 1.56 bits per heavy atom. The van der Waals surface area contributed by atoms with E-state index in [1.54, 1.807) is 0 Å². The number of carboxylic acid groups (broad SMARTS) is 1. The van der Waals surface area contributed by atoms with E-state index in [9.17, 15) is 8.42 Å². The summed E-state index contributed by atoms with van der Waals surface area (Å²) in [6.45, 7) is 0. The first-order valence-electron chi connectivity index (χ1n) is 1.69. The summed E-state index contributed by atoms with van der Waals surface area (Å²) >= 11 is 0. The summed E-state index contributed by atoms with van der Waals surface area (Å²) in [6.07, 6.45) is -0.396. The monoisotopic (exact) mass is 156 g/mol. The molecule has 1 amide bonds. The van der Waals surface area contributed by atoms with E-state index in [0.717, 1.165) is 6.26 Å². The zero-order chi connectivity index (χ0) is 8.08. The van der Waals surface area contributed by atoms with Gasteiger partial charge in [0, 0.05) is 0 Å². The van der Waals surface area contributed by atoms with Crippen LogP contribution in [0.2, 0.25) is 0 Å². The quantitative estimate of drug-likeness (QED) is 0.396. The Morgan fingerprint density at radius 1 is 1.56 bits per heavy atom. The van der Waals surface area contributed by atoms with E-state index in [1.165, 1.54) is 0 Å². The largest absolute Gasteiger partial charge is 0.465 e. The highest BCUT2D eigenvalue weighted by Gasteiger charge is 1.78. The maximum Gasteiger partial charge on any atom is 0.402 e. The van der Waals surface area contributed by atoms with Crippen LogP contribution in [-0.4, -0.2) is 25.9 Å². The Labute approximate surface area is 52.5 Å². The second kappa shape index (κ2) is 4.10. The molecule has 0 atom stereocenters. The molecule has 0 aromatic heterocycles. The van der Waals surface area contributed by atoms with Crippen LogP contribution in [0.1, 0.15) is 0 Å². The van der Waals surface area contributed by atoms with Gasteiger partial charge < -0.3 is 10.8 Å². The number of primary amides is 1. The fraction of sp³-hybridized carbons (Fsp3) is 0.500. The first kappa shape index (κ1) is 11.0. The average molecular weight is 156 g/mol. The smallest absolute Gasteiger partial charge is 0.402 e. The van der Waals surface area contributed by atoms with Crippen molar-refractivity contribution in [3.8, 4) is 0 Å². The van der Waals surface area contributed by atoms with Crippen molar-refractivity contribution in [2.45, 2.75) is 0 Å². The summed E-state index contributed by atoms with van der Waals surface area (Å²) in [4.78, 5) is 8.78. The van der Waals surface area contributed by atoms with Gasteiger partial charge in [-0.2, -0.15) is 0 Å². The highest BCUT2D eigenvalue weighted by Crippen LogP contribution is 1.52. The van der Waals surface area contributed by atoms with Gasteiger partial charge in [0.05, 0.1) is 6.26 Å². The second-order valence-electron chi connectivity index (χ2n) is 1.17. The van der Waals surface area contributed by atoms with E-state index < -0.39 is 16.1 Å². The highest BCUT2D eigenvalue weighted by molar-refractivity contribution is 7.88. The van der Waals surface area contributed by atoms with E-state index >= 15 is 0 Å². The van der Waals surface area contributed by atoms with Crippen LogP contribution in [-0.2, 0) is 10.0 Å². The van der Waals surface area contributed by atoms with E-state index in [1.807, 2.05) is 0 Å². The first-order chi connectivity index (χ1) is 3.73. The Bertz CT molecular complexity index is 159. The van der Waals surface area contributed by atoms with Crippen molar-refractivity contribution in [2.24, 2.45) is 10.9 Å². The molecule has 0 aliphatic heterocycles. The third-order valence-corrected chi connectivity index (χ3v) is 0. The van der Waals surface area contributed by atoms with Gasteiger partial charge in [0.15, 0.2) is 0 Å². The van der Waals surface area contributed by atoms with Crippen molar-refractivity contribution in [1.82, 2.24) is 0 Å². The fourth-order valence-corrected chi connectivity index (χ4v) is 0. The third-order valence-electron chi connectivity index (χ3n) is 0. The molecule has 0 rings (SSSR count). The van der Waals surface area contributed by atoms with Gasteiger partial charge in [-0.1, -0.05) is 0 Å². The van der Waals surface area contributed by atoms with Crippen molar-refractivity contribution >= 4 is 16.1 Å². The molecule has 0 aliphatic rings. The molecule has 0 spiro atoms. The SMILES string of the molecule is CS(N)(=O)=O.NC(=O)O. The van der Waals surface area contributed by atoms with Crippen LogP contribution in [0.4, 0.5) is 4.79 Å². The van der Waals surface area contributed by atoms with E-state index in [4.69, 9.17) is 9.90 Å². The van der Waals surface area contributed by atoms with Crippen LogP contribution in [0.25, 0.3) is 0 Å². The molecule has 0 unspecified atom stereocenters. The molecule has 0 saturated heterocycles. The summed E-state index contributed by atoms with van der Waals surface area (Å²) in [5, 5.41) is 11.5. The number of amides is 1. The second-order valence-corrected chi connectivity index (χ2v) is 2.83. The van der Waals surface area contributed by atoms with E-state index in [0.29, 0.717) is 0 Å². The molecular weight excluding hydrogens is 148 g/mol. The zero-order valence-corrected chi connectivity index (χ0v) is 5.55. The predicted molar refractivity (Wildman–Crippen MR) is 31.2 cm³/mol. The van der Waals surface area contributed by atoms with Crippen LogP contribution in [0, 0.1) is 0 Å². The average Bonchev–Trinajstić information content (AvgIpc) is 1.19. The van der Waals surface area contributed by atoms with Gasteiger partial charge in [0.2, 0.25) is 10.0 Å². The summed E-state index contributed by atoms with van der Waals surface area (Å²) < 4.78 is 18.8. The van der Waals surface area contributed by atoms with E-state index in [-0.39, 0.29) is 0 Å². The molecule has 9 heavy (non-hydrogen) atoms. The Morgan fingerprint density at radius 2 is 1.56 bits per heavy atom. The summed E-state index contributed by atoms with van der Waals surface area (Å²) in [5.41, 5.74) is 4.03. The lowest BCUT2D eigenvalue weighted by molar-refractivity contribution is 0.205. The minimum Gasteiger partial charge on any atom is -0.465 e. The molecular formula is C2H8N2O4S. The van der Waals surface area contributed by atoms with Gasteiger partial charge in [-0.05, 0) is 0 Å². The zero-order valence-electron chi connectivity index (χ0n) is 4.73. The number of sulfonamides is 1. The molecule has 0 heterocycles. The van der Waals surface area contributed by atoms with Crippen molar-refractivity contribution in [3.63, 3.8) is 0 Å². The van der Waals surface area contributed by atoms with Crippen molar-refractivity contribution in [3.05, 3.63) is 0 Å². The predicted octanol–water partition coefficient (Wildman–Crippen LogP) is -1.47. The van der Waals surface area contributed by atoms with Gasteiger partial charge in [0.25, 0.3) is 0 Å². The topological polar surface area (TPSA) is 123 Å². The van der Waals surface area contributed by atoms with Crippen LogP contribution in [0.5, 0.6) is 0 Å². The molecule has 5 N–H and O–H groups in total. The van der Waals surface area contributed by atoms with Gasteiger partial charge >= 0.3 is 6.09 Å². The number of primary sulfonamides is 1. The standard InChI is InChI=1S/CH5NO2S.CH3NO2/c1-5(2,3)4;2-1(3)4/h1H3,(H2,2,3,4);2H2,(H,3,4). The van der Waals surface area contributed by atoms with Crippen molar-refractivity contribution in [2.75, 3.05) is 6.26 Å². The van der Waals surface area contributed by atoms with Gasteiger partial charge in [-0.15, -0.1) is 0 Å². The molecule has 0 saturated carbocycles. The Kier molecular flexibility index (Phi) is 5.03. The van der Waals surface area contributed by atoms with Crippen LogP contribution < -0.4 is 10.9 Å². The van der Waals surface area contributed by atoms with Crippen LogP contribution in [0.15, 0.2) is 0 Å². The maximum absolute atomic E-state index is 9.41. The maximum atomic E-state index is 9.41.